The van der Waals surface area contributed by atoms with Crippen LogP contribution < -0.4 is 42.6 Å². The molecular weight excluding hydrogens is 778 g/mol. The molecule has 0 radical (unpaired) electrons. The molecule has 0 unspecified atom stereocenters. The molecule has 14 rings (SSSR count). The van der Waals surface area contributed by atoms with Gasteiger partial charge in [-0.2, -0.15) is 10.5 Å². The Labute approximate surface area is 368 Å². The number of para-hydroxylation sites is 2. The maximum Gasteiger partial charge on any atom is 0.248 e. The van der Waals surface area contributed by atoms with Crippen molar-refractivity contribution in [2.24, 2.45) is 0 Å². The van der Waals surface area contributed by atoms with Gasteiger partial charge in [-0.15, -0.1) is 0 Å². The van der Waals surface area contributed by atoms with Crippen molar-refractivity contribution in [1.29, 1.82) is 10.5 Å². The summed E-state index contributed by atoms with van der Waals surface area (Å²) >= 11 is 0. The van der Waals surface area contributed by atoms with E-state index in [0.717, 1.165) is 89.0 Å². The third-order valence-corrected chi connectivity index (χ3v) is 14.2. The van der Waals surface area contributed by atoms with Crippen LogP contribution in [0.5, 0.6) is 0 Å². The first kappa shape index (κ1) is 34.6. The second-order valence-corrected chi connectivity index (χ2v) is 17.2. The van der Waals surface area contributed by atoms with Gasteiger partial charge in [0.1, 0.15) is 0 Å². The SMILES string of the molecule is [C-]#[N+]c1ccc2c(c1)N(c1ccccc1)c1cc(C#N)cc3c1B2c1cc2ccc4c5c(cc6ccc-3c1c6c25)B1c2ccc(C#N)cc2N(c2ccccc2)c2cc([N+]#[C-])cc-4c21. The Morgan fingerprint density at radius 3 is 1.47 bits per heavy atom. The predicted molar refractivity (Wildman–Crippen MR) is 262 cm³/mol. The minimum absolute atomic E-state index is 0.158. The van der Waals surface area contributed by atoms with Crippen LogP contribution in [-0.2, 0) is 0 Å². The number of rotatable bonds is 2. The average Bonchev–Trinajstić information content (AvgIpc) is 3.35. The van der Waals surface area contributed by atoms with E-state index in [0.29, 0.717) is 22.5 Å². The molecule has 0 atom stereocenters. The lowest BCUT2D eigenvalue weighted by Crippen LogP contribution is -2.60. The Bertz CT molecular complexity index is 3720. The highest BCUT2D eigenvalue weighted by Crippen LogP contribution is 2.49. The minimum Gasteiger partial charge on any atom is -0.313 e. The van der Waals surface area contributed by atoms with E-state index in [1.54, 1.807) is 0 Å². The predicted octanol–water partition coefficient (Wildman–Crippen LogP) is 9.99. The lowest BCUT2D eigenvalue weighted by Gasteiger charge is -2.42. The molecule has 0 N–H and O–H groups in total. The van der Waals surface area contributed by atoms with Crippen LogP contribution in [0.4, 0.5) is 45.5 Å². The summed E-state index contributed by atoms with van der Waals surface area (Å²) in [4.78, 5) is 12.4. The van der Waals surface area contributed by atoms with Crippen LogP contribution >= 0.6 is 0 Å². The molecule has 4 heterocycles. The molecule has 10 aromatic rings. The van der Waals surface area contributed by atoms with Gasteiger partial charge in [-0.1, -0.05) is 102 Å². The van der Waals surface area contributed by atoms with E-state index in [1.807, 2.05) is 72.8 Å². The van der Waals surface area contributed by atoms with Crippen molar-refractivity contribution < 1.29 is 0 Å². The zero-order valence-corrected chi connectivity index (χ0v) is 33.8. The standard InChI is InChI=1S/C56H26B2N6/c1-61-35-16-20-44-48(27-35)64(38-11-7-4-8-12-38)49-23-32(30-60)21-41-39-17-14-33-25-46-54-40(18-15-34-24-45(58(44)55(41)49)53(39)51(33)52(34)54)42-26-36(62-2)28-50-56(42)57(46)43-19-13-31(29-59)22-47(43)63(50)37-9-5-3-6-10-37/h3-28H. The van der Waals surface area contributed by atoms with Gasteiger partial charge in [0.2, 0.25) is 13.4 Å². The van der Waals surface area contributed by atoms with Crippen LogP contribution in [0.1, 0.15) is 11.1 Å². The van der Waals surface area contributed by atoms with Gasteiger partial charge in [0.05, 0.1) is 36.4 Å². The number of benzene rings is 10. The Morgan fingerprint density at radius 2 is 0.906 bits per heavy atom. The van der Waals surface area contributed by atoms with Crippen molar-refractivity contribution in [2.45, 2.75) is 0 Å². The van der Waals surface area contributed by atoms with Gasteiger partial charge in [0, 0.05) is 34.1 Å². The molecule has 0 aliphatic carbocycles. The number of hydrogen-bond donors (Lipinski definition) is 0. The third kappa shape index (κ3) is 4.27. The molecular formula is C56H26B2N6. The summed E-state index contributed by atoms with van der Waals surface area (Å²) in [6, 6.07) is 59.5. The van der Waals surface area contributed by atoms with Crippen LogP contribution in [0.15, 0.2) is 158 Å². The zero-order chi connectivity index (χ0) is 42.5. The smallest absolute Gasteiger partial charge is 0.248 e. The zero-order valence-electron chi connectivity index (χ0n) is 33.8. The molecule has 6 nitrogen and oxygen atoms in total. The second kappa shape index (κ2) is 12.3. The Kier molecular flexibility index (Phi) is 6.64. The van der Waals surface area contributed by atoms with Crippen LogP contribution in [0.2, 0.25) is 0 Å². The highest BCUT2D eigenvalue weighted by Gasteiger charge is 2.45. The molecule has 0 bridgehead atoms. The topological polar surface area (TPSA) is 62.8 Å². The monoisotopic (exact) mass is 804 g/mol. The average molecular weight is 804 g/mol. The summed E-state index contributed by atoms with van der Waals surface area (Å²) in [5.41, 5.74) is 19.2. The normalized spacial score (nSPS) is 13.1. The molecule has 10 aromatic carbocycles. The van der Waals surface area contributed by atoms with E-state index in [9.17, 15) is 10.5 Å². The van der Waals surface area contributed by atoms with E-state index in [1.165, 1.54) is 32.5 Å². The molecule has 0 amide bonds. The molecule has 4 aliphatic rings. The first-order chi connectivity index (χ1) is 31.6. The van der Waals surface area contributed by atoms with Crippen LogP contribution in [0, 0.1) is 35.8 Å². The molecule has 4 aliphatic heterocycles. The molecule has 0 aromatic heterocycles. The lowest BCUT2D eigenvalue weighted by molar-refractivity contribution is 1.29. The van der Waals surface area contributed by atoms with Crippen molar-refractivity contribution >= 4 is 124 Å². The fourth-order valence-electron chi connectivity index (χ4n) is 11.8. The fourth-order valence-corrected chi connectivity index (χ4v) is 11.8. The van der Waals surface area contributed by atoms with Crippen LogP contribution in [0.25, 0.3) is 64.3 Å². The summed E-state index contributed by atoms with van der Waals surface area (Å²) in [5.74, 6) is 0. The van der Waals surface area contributed by atoms with E-state index >= 15 is 0 Å². The van der Waals surface area contributed by atoms with Crippen molar-refractivity contribution in [3.05, 3.63) is 192 Å². The van der Waals surface area contributed by atoms with Crippen molar-refractivity contribution in [1.82, 2.24) is 0 Å². The summed E-state index contributed by atoms with van der Waals surface area (Å²) in [7, 11) is 0. The van der Waals surface area contributed by atoms with Crippen LogP contribution in [0.3, 0.4) is 0 Å². The van der Waals surface area contributed by atoms with E-state index in [2.05, 4.69) is 117 Å². The van der Waals surface area contributed by atoms with E-state index in [-0.39, 0.29) is 13.4 Å². The van der Waals surface area contributed by atoms with E-state index in [4.69, 9.17) is 13.1 Å². The Balaban J connectivity index is 1.11. The molecule has 0 fully saturated rings. The van der Waals surface area contributed by atoms with Gasteiger partial charge < -0.3 is 9.80 Å². The maximum atomic E-state index is 10.6. The van der Waals surface area contributed by atoms with Gasteiger partial charge in [-0.05, 0) is 143 Å². The lowest BCUT2D eigenvalue weighted by atomic mass is 9.31. The van der Waals surface area contributed by atoms with E-state index < -0.39 is 0 Å². The van der Waals surface area contributed by atoms with Gasteiger partial charge in [0.15, 0.2) is 11.4 Å². The first-order valence-electron chi connectivity index (χ1n) is 21.2. The fraction of sp³-hybridized carbons (Fsp3) is 0. The third-order valence-electron chi connectivity index (χ3n) is 14.2. The first-order valence-corrected chi connectivity index (χ1v) is 21.2. The van der Waals surface area contributed by atoms with Crippen molar-refractivity contribution in [3.63, 3.8) is 0 Å². The highest BCUT2D eigenvalue weighted by atomic mass is 15.2. The molecule has 0 spiro atoms. The number of anilines is 6. The second-order valence-electron chi connectivity index (χ2n) is 17.2. The molecule has 0 saturated heterocycles. The molecule has 0 saturated carbocycles. The quantitative estimate of drug-likeness (QED) is 0.0992. The van der Waals surface area contributed by atoms with Gasteiger partial charge in [-0.3, -0.25) is 0 Å². The number of hydrogen-bond acceptors (Lipinski definition) is 4. The molecule has 64 heavy (non-hydrogen) atoms. The van der Waals surface area contributed by atoms with Crippen LogP contribution in [-0.4, -0.2) is 13.4 Å². The largest absolute Gasteiger partial charge is 0.313 e. The van der Waals surface area contributed by atoms with Crippen molar-refractivity contribution in [3.8, 4) is 34.4 Å². The Morgan fingerprint density at radius 1 is 0.406 bits per heavy atom. The maximum absolute atomic E-state index is 10.6. The number of nitriles is 2. The van der Waals surface area contributed by atoms with Crippen molar-refractivity contribution in [2.75, 3.05) is 9.80 Å². The van der Waals surface area contributed by atoms with Gasteiger partial charge >= 0.3 is 0 Å². The summed E-state index contributed by atoms with van der Waals surface area (Å²) in [6.45, 7) is 16.0. The Hall–Kier alpha value is -9.07. The molecule has 286 valence electrons. The van der Waals surface area contributed by atoms with Gasteiger partial charge in [0.25, 0.3) is 0 Å². The minimum atomic E-state index is -0.159. The number of fused-ring (bicyclic) bond motifs is 8. The summed E-state index contributed by atoms with van der Waals surface area (Å²) < 4.78 is 0. The number of nitrogens with zero attached hydrogens (tertiary/aromatic N) is 6. The summed E-state index contributed by atoms with van der Waals surface area (Å²) in [5, 5.41) is 27.8. The summed E-state index contributed by atoms with van der Waals surface area (Å²) in [6.07, 6.45) is 0. The van der Waals surface area contributed by atoms with Gasteiger partial charge in [-0.25, -0.2) is 9.69 Å². The highest BCUT2D eigenvalue weighted by molar-refractivity contribution is 7.02. The molecule has 8 heteroatoms.